The topological polar surface area (TPSA) is 33.2 Å². The second kappa shape index (κ2) is 5.81. The van der Waals surface area contributed by atoms with Crippen LogP contribution in [0.5, 0.6) is 0 Å². The maximum atomic E-state index is 12.8. The summed E-state index contributed by atoms with van der Waals surface area (Å²) in [4.78, 5) is 19.2. The molecule has 0 radical (unpaired) electrons. The fourth-order valence-electron chi connectivity index (χ4n) is 2.69. The van der Waals surface area contributed by atoms with Crippen molar-refractivity contribution in [1.29, 1.82) is 0 Å². The Labute approximate surface area is 133 Å². The molecule has 0 N–H and O–H groups in total. The van der Waals surface area contributed by atoms with Crippen molar-refractivity contribution in [2.24, 2.45) is 0 Å². The van der Waals surface area contributed by atoms with Gasteiger partial charge < -0.3 is 4.90 Å². The molecule has 0 saturated carbocycles. The normalized spacial score (nSPS) is 18.6. The van der Waals surface area contributed by atoms with Crippen LogP contribution in [0.1, 0.15) is 25.1 Å². The molecule has 0 unspecified atom stereocenters. The van der Waals surface area contributed by atoms with Gasteiger partial charge in [0.1, 0.15) is 0 Å². The molecule has 2 aromatic rings. The maximum Gasteiger partial charge on any atom is 0.240 e. The molecule has 2 atom stereocenters. The zero-order valence-corrected chi connectivity index (χ0v) is 14.0. The van der Waals surface area contributed by atoms with E-state index in [0.29, 0.717) is 0 Å². The summed E-state index contributed by atoms with van der Waals surface area (Å²) in [7, 11) is 0. The van der Waals surface area contributed by atoms with Crippen LogP contribution >= 0.6 is 23.1 Å². The van der Waals surface area contributed by atoms with Gasteiger partial charge in [0.15, 0.2) is 4.34 Å². The van der Waals surface area contributed by atoms with Gasteiger partial charge in [0.2, 0.25) is 5.91 Å². The molecular formula is C16H18N2OS2. The Kier molecular flexibility index (Phi) is 4.04. The van der Waals surface area contributed by atoms with Gasteiger partial charge in [-0.1, -0.05) is 30.0 Å². The highest BCUT2D eigenvalue weighted by Gasteiger charge is 2.33. The first kappa shape index (κ1) is 14.6. The predicted molar refractivity (Wildman–Crippen MR) is 89.3 cm³/mol. The van der Waals surface area contributed by atoms with E-state index >= 15 is 0 Å². The Hall–Kier alpha value is -1.33. The molecule has 1 aliphatic rings. The molecule has 5 heteroatoms. The van der Waals surface area contributed by atoms with Crippen LogP contribution in [-0.4, -0.2) is 22.2 Å². The molecule has 0 aliphatic carbocycles. The quantitative estimate of drug-likeness (QED) is 0.805. The predicted octanol–water partition coefficient (Wildman–Crippen LogP) is 3.91. The van der Waals surface area contributed by atoms with E-state index in [0.717, 1.165) is 22.1 Å². The Balaban J connectivity index is 1.78. The van der Waals surface area contributed by atoms with E-state index in [2.05, 4.69) is 18.0 Å². The number of nitrogens with zero attached hydrogens (tertiary/aromatic N) is 2. The minimum Gasteiger partial charge on any atom is -0.308 e. The van der Waals surface area contributed by atoms with Gasteiger partial charge in [0.25, 0.3) is 0 Å². The van der Waals surface area contributed by atoms with Crippen molar-refractivity contribution >= 4 is 34.7 Å². The summed E-state index contributed by atoms with van der Waals surface area (Å²) in [6.45, 7) is 6.06. The van der Waals surface area contributed by atoms with Crippen LogP contribution < -0.4 is 4.90 Å². The van der Waals surface area contributed by atoms with E-state index in [-0.39, 0.29) is 17.2 Å². The SMILES string of the molecule is Cc1csc(S[C@@H](C)C(=O)N2c3ccccc3C[C@H]2C)n1. The average molecular weight is 318 g/mol. The summed E-state index contributed by atoms with van der Waals surface area (Å²) in [5, 5.41) is 1.90. The van der Waals surface area contributed by atoms with E-state index in [1.54, 1.807) is 23.1 Å². The molecule has 0 saturated heterocycles. The van der Waals surface area contributed by atoms with Gasteiger partial charge in [-0.25, -0.2) is 4.98 Å². The number of thiazole rings is 1. The number of carbonyl (C=O) groups excluding carboxylic acids is 1. The minimum atomic E-state index is -0.121. The summed E-state index contributed by atoms with van der Waals surface area (Å²) < 4.78 is 0.966. The molecule has 1 amide bonds. The summed E-state index contributed by atoms with van der Waals surface area (Å²) in [6.07, 6.45) is 0.940. The number of hydrogen-bond donors (Lipinski definition) is 0. The monoisotopic (exact) mass is 318 g/mol. The van der Waals surface area contributed by atoms with E-state index in [9.17, 15) is 4.79 Å². The highest BCUT2D eigenvalue weighted by molar-refractivity contribution is 8.02. The van der Waals surface area contributed by atoms with Gasteiger partial charge in [0.05, 0.1) is 5.25 Å². The number of anilines is 1. The third kappa shape index (κ3) is 2.85. The molecule has 0 spiro atoms. The lowest BCUT2D eigenvalue weighted by atomic mass is 10.1. The number of aromatic nitrogens is 1. The second-order valence-electron chi connectivity index (χ2n) is 5.40. The Morgan fingerprint density at radius 1 is 1.48 bits per heavy atom. The molecule has 2 heterocycles. The average Bonchev–Trinajstić information content (AvgIpc) is 3.00. The fraction of sp³-hybridized carbons (Fsp3) is 0.375. The van der Waals surface area contributed by atoms with Crippen LogP contribution in [0.4, 0.5) is 5.69 Å². The van der Waals surface area contributed by atoms with Gasteiger partial charge in [-0.2, -0.15) is 0 Å². The van der Waals surface area contributed by atoms with E-state index in [1.807, 2.05) is 42.3 Å². The number of rotatable bonds is 3. The molecule has 21 heavy (non-hydrogen) atoms. The van der Waals surface area contributed by atoms with Crippen LogP contribution in [0.25, 0.3) is 0 Å². The molecule has 110 valence electrons. The van der Waals surface area contributed by atoms with Gasteiger partial charge in [-0.15, -0.1) is 11.3 Å². The highest BCUT2D eigenvalue weighted by atomic mass is 32.2. The van der Waals surface area contributed by atoms with Crippen molar-refractivity contribution in [3.05, 3.63) is 40.9 Å². The van der Waals surface area contributed by atoms with Crippen molar-refractivity contribution < 1.29 is 4.79 Å². The van der Waals surface area contributed by atoms with E-state index < -0.39 is 0 Å². The lowest BCUT2D eigenvalue weighted by Crippen LogP contribution is -2.40. The number of thioether (sulfide) groups is 1. The lowest BCUT2D eigenvalue weighted by molar-refractivity contribution is -0.118. The fourth-order valence-corrected chi connectivity index (χ4v) is 4.72. The summed E-state index contributed by atoms with van der Waals surface area (Å²) in [5.74, 6) is 0.172. The highest BCUT2D eigenvalue weighted by Crippen LogP contribution is 2.35. The van der Waals surface area contributed by atoms with Crippen LogP contribution in [-0.2, 0) is 11.2 Å². The van der Waals surface area contributed by atoms with Crippen molar-refractivity contribution in [2.75, 3.05) is 4.90 Å². The number of aryl methyl sites for hydroxylation is 1. The van der Waals surface area contributed by atoms with Crippen LogP contribution in [0.3, 0.4) is 0 Å². The zero-order valence-electron chi connectivity index (χ0n) is 12.4. The van der Waals surface area contributed by atoms with Gasteiger partial charge in [0, 0.05) is 22.8 Å². The molecule has 1 aromatic carbocycles. The first-order chi connectivity index (χ1) is 10.1. The van der Waals surface area contributed by atoms with Crippen LogP contribution in [0, 0.1) is 6.92 Å². The first-order valence-corrected chi connectivity index (χ1v) is 8.82. The van der Waals surface area contributed by atoms with Crippen molar-refractivity contribution in [1.82, 2.24) is 4.98 Å². The Morgan fingerprint density at radius 3 is 2.95 bits per heavy atom. The number of amides is 1. The van der Waals surface area contributed by atoms with E-state index in [1.165, 1.54) is 5.56 Å². The molecule has 3 rings (SSSR count). The third-order valence-electron chi connectivity index (χ3n) is 3.67. The van der Waals surface area contributed by atoms with Crippen molar-refractivity contribution in [3.8, 4) is 0 Å². The Bertz CT molecular complexity index is 668. The maximum absolute atomic E-state index is 12.8. The molecular weight excluding hydrogens is 300 g/mol. The minimum absolute atomic E-state index is 0.121. The summed E-state index contributed by atoms with van der Waals surface area (Å²) in [6, 6.07) is 8.42. The summed E-state index contributed by atoms with van der Waals surface area (Å²) in [5.41, 5.74) is 3.35. The standard InChI is InChI=1S/C16H18N2OS2/c1-10-9-20-16(17-10)21-12(3)15(19)18-11(2)8-13-6-4-5-7-14(13)18/h4-7,9,11-12H,8H2,1-3H3/t11-,12+/m1/s1. The van der Waals surface area contributed by atoms with E-state index in [4.69, 9.17) is 0 Å². The van der Waals surface area contributed by atoms with Gasteiger partial charge in [-0.3, -0.25) is 4.79 Å². The van der Waals surface area contributed by atoms with Crippen LogP contribution in [0.2, 0.25) is 0 Å². The number of hydrogen-bond acceptors (Lipinski definition) is 4. The number of carbonyl (C=O) groups is 1. The number of benzene rings is 1. The zero-order chi connectivity index (χ0) is 15.0. The molecule has 1 aromatic heterocycles. The summed E-state index contributed by atoms with van der Waals surface area (Å²) >= 11 is 3.16. The Morgan fingerprint density at radius 2 is 2.24 bits per heavy atom. The largest absolute Gasteiger partial charge is 0.308 e. The molecule has 3 nitrogen and oxygen atoms in total. The van der Waals surface area contributed by atoms with Crippen LogP contribution in [0.15, 0.2) is 34.0 Å². The van der Waals surface area contributed by atoms with Crippen molar-refractivity contribution in [3.63, 3.8) is 0 Å². The first-order valence-electron chi connectivity index (χ1n) is 7.06. The van der Waals surface area contributed by atoms with Gasteiger partial charge >= 0.3 is 0 Å². The number of para-hydroxylation sites is 1. The molecule has 0 bridgehead atoms. The molecule has 1 aliphatic heterocycles. The molecule has 0 fully saturated rings. The lowest BCUT2D eigenvalue weighted by Gasteiger charge is -2.25. The van der Waals surface area contributed by atoms with Crippen molar-refractivity contribution in [2.45, 2.75) is 42.8 Å². The third-order valence-corrected chi connectivity index (χ3v) is 5.85. The second-order valence-corrected chi connectivity index (χ2v) is 7.85. The smallest absolute Gasteiger partial charge is 0.240 e. The number of fused-ring (bicyclic) bond motifs is 1. The van der Waals surface area contributed by atoms with Gasteiger partial charge in [-0.05, 0) is 38.8 Å².